The van der Waals surface area contributed by atoms with E-state index in [1.54, 1.807) is 71.3 Å². The first-order chi connectivity index (χ1) is 37.8. The van der Waals surface area contributed by atoms with Gasteiger partial charge in [-0.15, -0.1) is 45.3 Å². The van der Waals surface area contributed by atoms with Crippen LogP contribution in [0.5, 0.6) is 0 Å². The van der Waals surface area contributed by atoms with Crippen LogP contribution in [0.4, 0.5) is 0 Å². The van der Waals surface area contributed by atoms with Crippen LogP contribution in [0.3, 0.4) is 0 Å². The average molecular weight is 1130 g/mol. The van der Waals surface area contributed by atoms with E-state index in [-0.39, 0.29) is 0 Å². The Morgan fingerprint density at radius 1 is 0.312 bits per heavy atom. The molecular weight excluding hydrogens is 1030 g/mol. The number of thiophene rings is 4. The molecule has 0 saturated carbocycles. The largest absolute Gasteiger partial charge is 0.182 e. The van der Waals surface area contributed by atoms with Crippen molar-refractivity contribution < 1.29 is 0 Å². The van der Waals surface area contributed by atoms with Crippen molar-refractivity contribution in [3.05, 3.63) is 69.1 Å². The summed E-state index contributed by atoms with van der Waals surface area (Å²) in [5.41, 5.74) is 9.72. The van der Waals surface area contributed by atoms with Crippen molar-refractivity contribution in [2.24, 2.45) is 0 Å². The second-order valence-electron chi connectivity index (χ2n) is 24.1. The van der Waals surface area contributed by atoms with E-state index in [9.17, 15) is 0 Å². The maximum Gasteiger partial charge on any atom is 0.0599 e. The quantitative estimate of drug-likeness (QED) is 0.0266. The van der Waals surface area contributed by atoms with Crippen LogP contribution >= 0.6 is 55.4 Å². The highest BCUT2D eigenvalue weighted by Gasteiger charge is 2.46. The molecule has 0 atom stereocenters. The van der Waals surface area contributed by atoms with Gasteiger partial charge in [0.1, 0.15) is 0 Å². The number of hydrogen-bond acceptors (Lipinski definition) is 4. The molecule has 77 heavy (non-hydrogen) atoms. The lowest BCUT2D eigenvalue weighted by Gasteiger charge is -2.38. The Balaban J connectivity index is 1.31. The predicted octanol–water partition coefficient (Wildman–Crippen LogP) is 26.8. The number of fused-ring (bicyclic) bond motifs is 10. The van der Waals surface area contributed by atoms with Crippen LogP contribution in [-0.4, -0.2) is 11.5 Å². The molecule has 5 heterocycles. The number of unbranched alkanes of at least 4 members (excludes halogenated alkanes) is 26. The molecule has 424 valence electrons. The van der Waals surface area contributed by atoms with Crippen molar-refractivity contribution in [1.82, 2.24) is 0 Å². The Labute approximate surface area is 489 Å². The third-order valence-electron chi connectivity index (χ3n) is 17.9. The van der Waals surface area contributed by atoms with Crippen molar-refractivity contribution in [3.63, 3.8) is 0 Å². The summed E-state index contributed by atoms with van der Waals surface area (Å²) in [6, 6.07) is 15.4. The van der Waals surface area contributed by atoms with Crippen LogP contribution in [0.25, 0.3) is 60.5 Å². The Morgan fingerprint density at radius 3 is 1.17 bits per heavy atom. The molecule has 8 rings (SSSR count). The summed E-state index contributed by atoms with van der Waals surface area (Å²) in [6.45, 7) is 19.0. The molecule has 7 aromatic rings. The van der Waals surface area contributed by atoms with Crippen LogP contribution in [0.2, 0.25) is 0 Å². The monoisotopic (exact) mass is 1130 g/mol. The standard InChI is InChI=1S/C72H106S5/c1-9-15-21-27-31-37-42-57-58(43-38-32-28-22-16-10-2)63-52-55(46-48-60(63)59-47-45-53(7)51-62(57)59)64-61(44-36-26-20-14-6)66-68(74-64)72-70(76-66)69-71(67-65(75-69)56(54(8)73-67)41-35-25-19-13-5)77(72,49-39-33-29-23-17-11-3)50-40-34-30-24-18-12-4/h45-48,51-52H,9-44,49-50H2,1-8H3. The first-order valence-corrected chi connectivity index (χ1v) is 38.0. The lowest BCUT2D eigenvalue weighted by atomic mass is 9.85. The van der Waals surface area contributed by atoms with E-state index in [0.29, 0.717) is 0 Å². The molecule has 0 unspecified atom stereocenters. The lowest BCUT2D eigenvalue weighted by molar-refractivity contribution is 0.600. The zero-order valence-electron chi connectivity index (χ0n) is 50.4. The summed E-state index contributed by atoms with van der Waals surface area (Å²) < 4.78 is 6.86. The van der Waals surface area contributed by atoms with E-state index in [4.69, 9.17) is 0 Å². The first-order valence-electron chi connectivity index (χ1n) is 32.8. The second-order valence-corrected chi connectivity index (χ2v) is 31.8. The summed E-state index contributed by atoms with van der Waals surface area (Å²) in [5, 5.41) is 6.09. The molecule has 1 aliphatic heterocycles. The van der Waals surface area contributed by atoms with Gasteiger partial charge in [-0.3, -0.25) is 0 Å². The third-order valence-corrected chi connectivity index (χ3v) is 28.2. The molecule has 0 amide bonds. The van der Waals surface area contributed by atoms with E-state index >= 15 is 0 Å². The number of hydrogen-bond donors (Lipinski definition) is 0. The topological polar surface area (TPSA) is 0 Å². The molecule has 1 aliphatic rings. The summed E-state index contributed by atoms with van der Waals surface area (Å²) >= 11 is 9.05. The van der Waals surface area contributed by atoms with E-state index < -0.39 is 10.0 Å². The molecule has 0 nitrogen and oxygen atoms in total. The van der Waals surface area contributed by atoms with Gasteiger partial charge < -0.3 is 0 Å². The van der Waals surface area contributed by atoms with E-state index in [0.717, 1.165) is 0 Å². The fraction of sp³-hybridized carbons (Fsp3) is 0.639. The van der Waals surface area contributed by atoms with E-state index in [1.807, 2.05) is 9.79 Å². The van der Waals surface area contributed by atoms with Crippen molar-refractivity contribution in [3.8, 4) is 20.2 Å². The highest BCUT2D eigenvalue weighted by molar-refractivity contribution is 8.34. The molecule has 0 spiro atoms. The Hall–Kier alpha value is -2.15. The zero-order valence-corrected chi connectivity index (χ0v) is 54.5. The number of benzene rings is 3. The van der Waals surface area contributed by atoms with Gasteiger partial charge in [-0.25, -0.2) is 0 Å². The SMILES string of the molecule is CCCCCCCCc1c(CCCCCCCC)c2cc(-c3sc4c5c(sc4c3CCCCCC)-c3sc4c(CCCCCC)c(C)sc4c3S5(CCCCCCCC)CCCCCCCC)ccc2c2ccc(C)cc12. The van der Waals surface area contributed by atoms with Gasteiger partial charge in [0.2, 0.25) is 0 Å². The minimum Gasteiger partial charge on any atom is -0.182 e. The van der Waals surface area contributed by atoms with Gasteiger partial charge in [-0.05, 0) is 145 Å². The van der Waals surface area contributed by atoms with E-state index in [2.05, 4.69) is 137 Å². The molecular formula is C72H106S5. The molecule has 0 saturated heterocycles. The predicted molar refractivity (Wildman–Crippen MR) is 359 cm³/mol. The van der Waals surface area contributed by atoms with Crippen LogP contribution < -0.4 is 0 Å². The molecule has 0 aliphatic carbocycles. The van der Waals surface area contributed by atoms with Crippen molar-refractivity contribution >= 4 is 95.7 Å². The third kappa shape index (κ3) is 14.6. The second kappa shape index (κ2) is 31.3. The fourth-order valence-corrected chi connectivity index (χ4v) is 26.1. The van der Waals surface area contributed by atoms with Gasteiger partial charge in [-0.2, -0.15) is 10.0 Å². The molecule has 0 N–H and O–H groups in total. The number of aryl methyl sites for hydroxylation is 6. The molecule has 5 heteroatoms. The van der Waals surface area contributed by atoms with Crippen LogP contribution in [0.15, 0.2) is 46.2 Å². The van der Waals surface area contributed by atoms with Gasteiger partial charge >= 0.3 is 0 Å². The summed E-state index contributed by atoms with van der Waals surface area (Å²) in [5.74, 6) is 2.80. The summed E-state index contributed by atoms with van der Waals surface area (Å²) in [7, 11) is -1.25. The summed E-state index contributed by atoms with van der Waals surface area (Å²) in [6.07, 6.45) is 48.4. The van der Waals surface area contributed by atoms with Gasteiger partial charge in [-0.1, -0.05) is 244 Å². The molecule has 4 aromatic heterocycles. The number of rotatable bonds is 39. The maximum absolute atomic E-state index is 2.76. The van der Waals surface area contributed by atoms with Crippen molar-refractivity contribution in [2.75, 3.05) is 11.5 Å². The van der Waals surface area contributed by atoms with Gasteiger partial charge in [0.25, 0.3) is 0 Å². The summed E-state index contributed by atoms with van der Waals surface area (Å²) in [4.78, 5) is 10.5. The van der Waals surface area contributed by atoms with Crippen molar-refractivity contribution in [2.45, 2.75) is 296 Å². The Morgan fingerprint density at radius 2 is 0.675 bits per heavy atom. The minimum absolute atomic E-state index is 1.21. The van der Waals surface area contributed by atoms with Crippen LogP contribution in [-0.2, 0) is 25.7 Å². The minimum atomic E-state index is -1.25. The Bertz CT molecular complexity index is 2870. The van der Waals surface area contributed by atoms with Gasteiger partial charge in [0.15, 0.2) is 0 Å². The molecule has 0 radical (unpaired) electrons. The maximum atomic E-state index is 2.76. The molecule has 3 aromatic carbocycles. The van der Waals surface area contributed by atoms with Crippen LogP contribution in [0.1, 0.15) is 280 Å². The van der Waals surface area contributed by atoms with Gasteiger partial charge in [0.05, 0.1) is 28.6 Å². The van der Waals surface area contributed by atoms with Crippen molar-refractivity contribution in [1.29, 1.82) is 0 Å². The molecule has 0 bridgehead atoms. The highest BCUT2D eigenvalue weighted by atomic mass is 32.3. The van der Waals surface area contributed by atoms with Gasteiger partial charge in [0, 0.05) is 19.5 Å². The zero-order chi connectivity index (χ0) is 54.0. The van der Waals surface area contributed by atoms with Crippen LogP contribution in [0, 0.1) is 13.8 Å². The lowest BCUT2D eigenvalue weighted by Crippen LogP contribution is -2.09. The molecule has 0 fully saturated rings. The first kappa shape index (κ1) is 60.9. The fourth-order valence-electron chi connectivity index (χ4n) is 13.5. The van der Waals surface area contributed by atoms with E-state index in [1.165, 1.54) is 265 Å². The normalized spacial score (nSPS) is 13.6. The highest BCUT2D eigenvalue weighted by Crippen LogP contribution is 2.80. The average Bonchev–Trinajstić information content (AvgIpc) is 4.42. The Kier molecular flexibility index (Phi) is 24.8. The smallest absolute Gasteiger partial charge is 0.0599 e.